The van der Waals surface area contributed by atoms with E-state index in [4.69, 9.17) is 0 Å². The number of imidazole rings is 1. The number of aromatic nitrogens is 6. The molecule has 0 atom stereocenters. The maximum absolute atomic E-state index is 4.46. The molecule has 0 aliphatic heterocycles. The Bertz CT molecular complexity index is 861. The standard InChI is InChI=1S/C15H12N6/c1-6-19-21(7-1)12-4-2-11(3-5-12)8-14-16-9-13-15(20-14)18-10-17-13/h1-7,9-10H,8H2,(H,16,17,18,20). The zero-order chi connectivity index (χ0) is 14.1. The molecule has 4 rings (SSSR count). The fourth-order valence-corrected chi connectivity index (χ4v) is 2.23. The lowest BCUT2D eigenvalue weighted by atomic mass is 10.1. The molecule has 0 unspecified atom stereocenters. The molecule has 0 aliphatic carbocycles. The quantitative estimate of drug-likeness (QED) is 0.622. The number of nitrogens with zero attached hydrogens (tertiary/aromatic N) is 5. The molecule has 0 radical (unpaired) electrons. The van der Waals surface area contributed by atoms with E-state index in [0.29, 0.717) is 6.42 Å². The maximum atomic E-state index is 4.46. The Labute approximate surface area is 120 Å². The number of aromatic amines is 1. The minimum atomic E-state index is 0.689. The average Bonchev–Trinajstić information content (AvgIpc) is 3.19. The predicted octanol–water partition coefficient (Wildman–Crippen LogP) is 2.13. The summed E-state index contributed by atoms with van der Waals surface area (Å²) in [6, 6.07) is 10.1. The summed E-state index contributed by atoms with van der Waals surface area (Å²) < 4.78 is 1.83. The number of H-pyrrole nitrogens is 1. The Hall–Kier alpha value is -3.02. The smallest absolute Gasteiger partial charge is 0.160 e. The van der Waals surface area contributed by atoms with Gasteiger partial charge in [0.25, 0.3) is 0 Å². The lowest BCUT2D eigenvalue weighted by Crippen LogP contribution is -1.98. The van der Waals surface area contributed by atoms with E-state index in [0.717, 1.165) is 28.2 Å². The van der Waals surface area contributed by atoms with Gasteiger partial charge < -0.3 is 4.98 Å². The highest BCUT2D eigenvalue weighted by atomic mass is 15.3. The number of hydrogen-bond donors (Lipinski definition) is 1. The highest BCUT2D eigenvalue weighted by Gasteiger charge is 2.04. The summed E-state index contributed by atoms with van der Waals surface area (Å²) in [7, 11) is 0. The molecule has 3 heterocycles. The van der Waals surface area contributed by atoms with Gasteiger partial charge in [-0.15, -0.1) is 0 Å². The highest BCUT2D eigenvalue weighted by Crippen LogP contribution is 2.12. The first-order chi connectivity index (χ1) is 10.4. The second kappa shape index (κ2) is 4.82. The van der Waals surface area contributed by atoms with Gasteiger partial charge in [-0.05, 0) is 23.8 Å². The first kappa shape index (κ1) is 11.8. The maximum Gasteiger partial charge on any atom is 0.160 e. The molecule has 0 amide bonds. The van der Waals surface area contributed by atoms with Gasteiger partial charge in [-0.2, -0.15) is 5.10 Å². The lowest BCUT2D eigenvalue weighted by Gasteiger charge is -2.04. The van der Waals surface area contributed by atoms with E-state index in [1.807, 2.05) is 29.1 Å². The van der Waals surface area contributed by atoms with Crippen LogP contribution in [-0.2, 0) is 6.42 Å². The lowest BCUT2D eigenvalue weighted by molar-refractivity contribution is 0.878. The molecule has 6 nitrogen and oxygen atoms in total. The third kappa shape index (κ3) is 2.27. The van der Waals surface area contributed by atoms with Crippen LogP contribution in [-0.4, -0.2) is 29.7 Å². The number of nitrogens with one attached hydrogen (secondary N) is 1. The fourth-order valence-electron chi connectivity index (χ4n) is 2.23. The number of hydrogen-bond acceptors (Lipinski definition) is 4. The monoisotopic (exact) mass is 276 g/mol. The summed E-state index contributed by atoms with van der Waals surface area (Å²) in [5.41, 5.74) is 3.75. The molecule has 102 valence electrons. The van der Waals surface area contributed by atoms with Crippen LogP contribution in [0.3, 0.4) is 0 Å². The molecule has 0 saturated heterocycles. The molecule has 0 bridgehead atoms. The van der Waals surface area contributed by atoms with Crippen molar-refractivity contribution >= 4 is 11.2 Å². The summed E-state index contributed by atoms with van der Waals surface area (Å²) in [4.78, 5) is 15.9. The number of benzene rings is 1. The highest BCUT2D eigenvalue weighted by molar-refractivity contribution is 5.68. The first-order valence-corrected chi connectivity index (χ1v) is 6.62. The summed E-state index contributed by atoms with van der Waals surface area (Å²) in [6.07, 6.45) is 7.74. The van der Waals surface area contributed by atoms with Gasteiger partial charge in [-0.3, -0.25) is 0 Å². The van der Waals surface area contributed by atoms with E-state index in [-0.39, 0.29) is 0 Å². The van der Waals surface area contributed by atoms with Crippen molar-refractivity contribution in [2.24, 2.45) is 0 Å². The van der Waals surface area contributed by atoms with Crippen molar-refractivity contribution in [2.75, 3.05) is 0 Å². The molecule has 0 saturated carbocycles. The minimum Gasteiger partial charge on any atom is -0.329 e. The Balaban J connectivity index is 1.59. The molecule has 0 fully saturated rings. The number of rotatable bonds is 3. The van der Waals surface area contributed by atoms with Crippen molar-refractivity contribution in [1.29, 1.82) is 0 Å². The molecular formula is C15H12N6. The molecule has 1 N–H and O–H groups in total. The van der Waals surface area contributed by atoms with Gasteiger partial charge in [0.1, 0.15) is 11.3 Å². The van der Waals surface area contributed by atoms with Crippen LogP contribution in [0, 0.1) is 0 Å². The summed E-state index contributed by atoms with van der Waals surface area (Å²) in [5, 5.41) is 4.21. The van der Waals surface area contributed by atoms with E-state index in [1.54, 1.807) is 18.7 Å². The first-order valence-electron chi connectivity index (χ1n) is 6.62. The largest absolute Gasteiger partial charge is 0.329 e. The third-order valence-electron chi connectivity index (χ3n) is 3.29. The Kier molecular flexibility index (Phi) is 2.71. The molecular weight excluding hydrogens is 264 g/mol. The molecule has 0 aliphatic rings. The second-order valence-corrected chi connectivity index (χ2v) is 4.72. The Morgan fingerprint density at radius 2 is 2.00 bits per heavy atom. The van der Waals surface area contributed by atoms with Gasteiger partial charge in [-0.1, -0.05) is 12.1 Å². The summed E-state index contributed by atoms with van der Waals surface area (Å²) in [6.45, 7) is 0. The molecule has 0 spiro atoms. The van der Waals surface area contributed by atoms with Crippen LogP contribution >= 0.6 is 0 Å². The zero-order valence-corrected chi connectivity index (χ0v) is 11.1. The van der Waals surface area contributed by atoms with E-state index in [9.17, 15) is 0 Å². The van der Waals surface area contributed by atoms with E-state index in [1.165, 1.54) is 0 Å². The second-order valence-electron chi connectivity index (χ2n) is 4.72. The van der Waals surface area contributed by atoms with Crippen LogP contribution < -0.4 is 0 Å². The normalized spacial score (nSPS) is 11.0. The van der Waals surface area contributed by atoms with Crippen LogP contribution in [0.5, 0.6) is 0 Å². The summed E-state index contributed by atoms with van der Waals surface area (Å²) >= 11 is 0. The van der Waals surface area contributed by atoms with Crippen molar-refractivity contribution < 1.29 is 0 Å². The topological polar surface area (TPSA) is 72.3 Å². The van der Waals surface area contributed by atoms with Crippen molar-refractivity contribution in [1.82, 2.24) is 29.7 Å². The Morgan fingerprint density at radius 1 is 1.10 bits per heavy atom. The van der Waals surface area contributed by atoms with Crippen molar-refractivity contribution in [3.8, 4) is 5.69 Å². The third-order valence-corrected chi connectivity index (χ3v) is 3.29. The average molecular weight is 276 g/mol. The van der Waals surface area contributed by atoms with E-state index in [2.05, 4.69) is 37.2 Å². The molecule has 6 heteroatoms. The fraction of sp³-hybridized carbons (Fsp3) is 0.0667. The predicted molar refractivity (Wildman–Crippen MR) is 78.1 cm³/mol. The summed E-state index contributed by atoms with van der Waals surface area (Å²) in [5.74, 6) is 0.776. The minimum absolute atomic E-state index is 0.689. The molecule has 1 aromatic carbocycles. The molecule has 4 aromatic rings. The van der Waals surface area contributed by atoms with Crippen molar-refractivity contribution in [3.05, 3.63) is 66.6 Å². The van der Waals surface area contributed by atoms with Crippen LogP contribution in [0.1, 0.15) is 11.4 Å². The van der Waals surface area contributed by atoms with Gasteiger partial charge in [-0.25, -0.2) is 19.6 Å². The molecule has 21 heavy (non-hydrogen) atoms. The van der Waals surface area contributed by atoms with Crippen LogP contribution in [0.15, 0.2) is 55.2 Å². The SMILES string of the molecule is c1cnn(-c2ccc(Cc3ncc4nc[nH]c4n3)cc2)c1. The molecule has 3 aromatic heterocycles. The van der Waals surface area contributed by atoms with Gasteiger partial charge in [0, 0.05) is 18.8 Å². The zero-order valence-electron chi connectivity index (χ0n) is 11.1. The van der Waals surface area contributed by atoms with Crippen molar-refractivity contribution in [2.45, 2.75) is 6.42 Å². The van der Waals surface area contributed by atoms with Crippen LogP contribution in [0.2, 0.25) is 0 Å². The Morgan fingerprint density at radius 3 is 2.81 bits per heavy atom. The van der Waals surface area contributed by atoms with Gasteiger partial charge in [0.15, 0.2) is 5.65 Å². The van der Waals surface area contributed by atoms with Gasteiger partial charge in [0.2, 0.25) is 0 Å². The van der Waals surface area contributed by atoms with Gasteiger partial charge >= 0.3 is 0 Å². The van der Waals surface area contributed by atoms with E-state index < -0.39 is 0 Å². The van der Waals surface area contributed by atoms with E-state index >= 15 is 0 Å². The number of fused-ring (bicyclic) bond motifs is 1. The van der Waals surface area contributed by atoms with Gasteiger partial charge in [0.05, 0.1) is 18.2 Å². The van der Waals surface area contributed by atoms with Crippen LogP contribution in [0.25, 0.3) is 16.9 Å². The van der Waals surface area contributed by atoms with Crippen LogP contribution in [0.4, 0.5) is 0 Å². The van der Waals surface area contributed by atoms with Crippen molar-refractivity contribution in [3.63, 3.8) is 0 Å².